The van der Waals surface area contributed by atoms with Crippen molar-refractivity contribution in [3.05, 3.63) is 60.2 Å². The van der Waals surface area contributed by atoms with Crippen LogP contribution in [-0.2, 0) is 4.74 Å². The van der Waals surface area contributed by atoms with Crippen molar-refractivity contribution in [1.82, 2.24) is 24.8 Å². The fourth-order valence-corrected chi connectivity index (χ4v) is 3.01. The summed E-state index contributed by atoms with van der Waals surface area (Å²) in [5, 5.41) is 10.3. The molecule has 0 saturated carbocycles. The second-order valence-electron chi connectivity index (χ2n) is 7.44. The number of hydrogen-bond donors (Lipinski definition) is 2. The highest BCUT2D eigenvalue weighted by Crippen LogP contribution is 2.16. The number of nitrogens with zero attached hydrogens (tertiary/aromatic N) is 4. The van der Waals surface area contributed by atoms with Crippen molar-refractivity contribution in [3.8, 4) is 0 Å². The first-order valence-electron chi connectivity index (χ1n) is 9.71. The minimum absolute atomic E-state index is 0.219. The number of likely N-dealkylation sites (N-methyl/N-ethyl adjacent to an activating group) is 1. The van der Waals surface area contributed by atoms with E-state index in [1.54, 1.807) is 18.3 Å². The van der Waals surface area contributed by atoms with Gasteiger partial charge in [0.25, 0.3) is 5.91 Å². The van der Waals surface area contributed by atoms with Crippen LogP contribution in [0.5, 0.6) is 0 Å². The summed E-state index contributed by atoms with van der Waals surface area (Å²) in [4.78, 5) is 19.2. The van der Waals surface area contributed by atoms with E-state index in [-0.39, 0.29) is 24.7 Å². The normalized spacial score (nSPS) is 24.2. The molecule has 2 atom stereocenters. The van der Waals surface area contributed by atoms with Crippen molar-refractivity contribution in [2.24, 2.45) is 0 Å². The average Bonchev–Trinajstić information content (AvgIpc) is 3.11. The van der Waals surface area contributed by atoms with Gasteiger partial charge in [-0.05, 0) is 44.8 Å². The molecule has 3 heterocycles. The molecular weight excluding hydrogens is 387 g/mol. The summed E-state index contributed by atoms with van der Waals surface area (Å²) in [7, 11) is 3.84. The molecule has 1 aliphatic rings. The van der Waals surface area contributed by atoms with Crippen LogP contribution in [0.1, 0.15) is 17.3 Å². The summed E-state index contributed by atoms with van der Waals surface area (Å²) in [6.07, 6.45) is 7.26. The summed E-state index contributed by atoms with van der Waals surface area (Å²) < 4.78 is 21.5. The van der Waals surface area contributed by atoms with Crippen molar-refractivity contribution in [2.75, 3.05) is 39.1 Å². The molecule has 8 nitrogen and oxygen atoms in total. The molecule has 2 aromatic rings. The Labute approximate surface area is 175 Å². The van der Waals surface area contributed by atoms with Gasteiger partial charge in [0.2, 0.25) is 0 Å². The molecule has 0 radical (unpaired) electrons. The number of fused-ring (bicyclic) bond motifs is 1. The van der Waals surface area contributed by atoms with Crippen LogP contribution in [0.25, 0.3) is 5.65 Å². The van der Waals surface area contributed by atoms with Crippen molar-refractivity contribution in [1.29, 1.82) is 0 Å². The maximum Gasteiger partial charge on any atom is 0.256 e. The standard InChI is InChI=1S/C21H27FN6O2/c1-14-10-16(22)6-5-9-30-17(13-27(3)4)11-23-21(29)18-12-24-28-8-7-19(25-15(14)2)26-20(18)28/h5-8,10,12,15,17H,1,9,11,13H2,2-4H3,(H,23,29)(H,25,26)/b6-5-,16-10+/t15-,17+/m1/s1. The zero-order valence-corrected chi connectivity index (χ0v) is 17.4. The number of carbonyl (C=O) groups is 1. The first-order chi connectivity index (χ1) is 14.3. The summed E-state index contributed by atoms with van der Waals surface area (Å²) in [5.41, 5.74) is 1.35. The summed E-state index contributed by atoms with van der Waals surface area (Å²) >= 11 is 0. The topological polar surface area (TPSA) is 83.8 Å². The lowest BCUT2D eigenvalue weighted by molar-refractivity contribution is 0.0516. The van der Waals surface area contributed by atoms with E-state index in [1.807, 2.05) is 25.9 Å². The van der Waals surface area contributed by atoms with Crippen LogP contribution in [-0.4, -0.2) is 71.3 Å². The highest BCUT2D eigenvalue weighted by molar-refractivity contribution is 5.99. The molecule has 3 rings (SSSR count). The molecule has 9 heteroatoms. The highest BCUT2D eigenvalue weighted by Gasteiger charge is 2.18. The Balaban J connectivity index is 1.93. The third-order valence-corrected chi connectivity index (χ3v) is 4.62. The number of nitrogens with one attached hydrogen (secondary N) is 2. The monoisotopic (exact) mass is 414 g/mol. The molecule has 2 aromatic heterocycles. The number of amides is 1. The first-order valence-corrected chi connectivity index (χ1v) is 9.71. The van der Waals surface area contributed by atoms with Crippen LogP contribution < -0.4 is 10.6 Å². The fraction of sp³-hybridized carbons (Fsp3) is 0.381. The number of hydrogen-bond acceptors (Lipinski definition) is 6. The maximum absolute atomic E-state index is 14.2. The minimum Gasteiger partial charge on any atom is -0.371 e. The lowest BCUT2D eigenvalue weighted by atomic mass is 10.1. The van der Waals surface area contributed by atoms with Crippen LogP contribution in [0.15, 0.2) is 54.7 Å². The summed E-state index contributed by atoms with van der Waals surface area (Å²) in [6.45, 7) is 6.90. The predicted octanol–water partition coefficient (Wildman–Crippen LogP) is 2.19. The van der Waals surface area contributed by atoms with Gasteiger partial charge < -0.3 is 20.3 Å². The smallest absolute Gasteiger partial charge is 0.256 e. The zero-order chi connectivity index (χ0) is 21.7. The van der Waals surface area contributed by atoms with Gasteiger partial charge in [-0.25, -0.2) is 13.9 Å². The van der Waals surface area contributed by atoms with Gasteiger partial charge in [-0.1, -0.05) is 12.7 Å². The number of anilines is 1. The fourth-order valence-electron chi connectivity index (χ4n) is 3.01. The number of carbonyl (C=O) groups excluding carboxylic acids is 1. The van der Waals surface area contributed by atoms with Gasteiger partial charge in [0.1, 0.15) is 17.2 Å². The van der Waals surface area contributed by atoms with Crippen LogP contribution in [0.4, 0.5) is 10.2 Å². The molecular formula is C21H27FN6O2. The molecule has 0 unspecified atom stereocenters. The Kier molecular flexibility index (Phi) is 6.96. The van der Waals surface area contributed by atoms with E-state index < -0.39 is 5.83 Å². The third kappa shape index (κ3) is 5.52. The van der Waals surface area contributed by atoms with Crippen molar-refractivity contribution in [2.45, 2.75) is 19.1 Å². The lowest BCUT2D eigenvalue weighted by Crippen LogP contribution is -2.39. The van der Waals surface area contributed by atoms with Gasteiger partial charge in [0, 0.05) is 25.3 Å². The van der Waals surface area contributed by atoms with Crippen molar-refractivity contribution >= 4 is 17.4 Å². The Morgan fingerprint density at radius 1 is 1.43 bits per heavy atom. The van der Waals surface area contributed by atoms with Crippen LogP contribution >= 0.6 is 0 Å². The van der Waals surface area contributed by atoms with Gasteiger partial charge in [0.05, 0.1) is 18.9 Å². The molecule has 0 aromatic carbocycles. The Hall–Kier alpha value is -3.04. The molecule has 0 saturated heterocycles. The second kappa shape index (κ2) is 9.64. The SMILES string of the molecule is C=C1/C=C(F)\C=C/CO[C@H](CN(C)C)CNC(=O)c2cnn3ccc(nc23)N[C@@H]1C. The van der Waals surface area contributed by atoms with Gasteiger partial charge >= 0.3 is 0 Å². The van der Waals surface area contributed by atoms with Gasteiger partial charge in [-0.2, -0.15) is 5.10 Å². The molecule has 30 heavy (non-hydrogen) atoms. The van der Waals surface area contributed by atoms with Crippen molar-refractivity contribution in [3.63, 3.8) is 0 Å². The Bertz CT molecular complexity index is 981. The van der Waals surface area contributed by atoms with E-state index >= 15 is 0 Å². The van der Waals surface area contributed by atoms with Crippen LogP contribution in [0.2, 0.25) is 0 Å². The zero-order valence-electron chi connectivity index (χ0n) is 17.4. The van der Waals surface area contributed by atoms with E-state index in [0.717, 1.165) is 0 Å². The molecule has 0 fully saturated rings. The summed E-state index contributed by atoms with van der Waals surface area (Å²) in [6, 6.07) is 1.47. The van der Waals surface area contributed by atoms with Crippen molar-refractivity contribution < 1.29 is 13.9 Å². The number of rotatable bonds is 2. The number of aromatic nitrogens is 3. The van der Waals surface area contributed by atoms with E-state index in [9.17, 15) is 9.18 Å². The second-order valence-corrected chi connectivity index (χ2v) is 7.44. The number of allylic oxidation sites excluding steroid dienone is 2. The Morgan fingerprint density at radius 2 is 2.23 bits per heavy atom. The Morgan fingerprint density at radius 3 is 3.00 bits per heavy atom. The van der Waals surface area contributed by atoms with E-state index in [1.165, 1.54) is 22.9 Å². The minimum atomic E-state index is -0.416. The molecule has 1 amide bonds. The highest BCUT2D eigenvalue weighted by atomic mass is 19.1. The van der Waals surface area contributed by atoms with E-state index in [0.29, 0.717) is 35.7 Å². The van der Waals surface area contributed by atoms with E-state index in [4.69, 9.17) is 4.74 Å². The summed E-state index contributed by atoms with van der Waals surface area (Å²) in [5.74, 6) is -0.166. The maximum atomic E-state index is 14.2. The van der Waals surface area contributed by atoms with Gasteiger partial charge in [-0.3, -0.25) is 4.79 Å². The first kappa shape index (κ1) is 21.7. The van der Waals surface area contributed by atoms with Gasteiger partial charge in [0.15, 0.2) is 5.65 Å². The molecule has 0 aliphatic carbocycles. The van der Waals surface area contributed by atoms with Crippen LogP contribution in [0.3, 0.4) is 0 Å². The lowest BCUT2D eigenvalue weighted by Gasteiger charge is -2.21. The predicted molar refractivity (Wildman–Crippen MR) is 114 cm³/mol. The quantitative estimate of drug-likeness (QED) is 0.784. The third-order valence-electron chi connectivity index (χ3n) is 4.62. The molecule has 1 aliphatic heterocycles. The number of ether oxygens (including phenoxy) is 1. The average molecular weight is 414 g/mol. The molecule has 2 bridgehead atoms. The van der Waals surface area contributed by atoms with Crippen LogP contribution in [0, 0.1) is 0 Å². The van der Waals surface area contributed by atoms with Gasteiger partial charge in [-0.15, -0.1) is 0 Å². The largest absolute Gasteiger partial charge is 0.371 e. The molecule has 0 spiro atoms. The van der Waals surface area contributed by atoms with E-state index in [2.05, 4.69) is 27.3 Å². The molecule has 160 valence electrons. The molecule has 2 N–H and O–H groups in total. The number of halogens is 1.